The molecule has 33 heavy (non-hydrogen) atoms. The van der Waals surface area contributed by atoms with E-state index in [1.807, 2.05) is 53.6 Å². The number of hydrogen-bond donors (Lipinski definition) is 3. The first kappa shape index (κ1) is 21.2. The third-order valence-corrected chi connectivity index (χ3v) is 5.84. The Kier molecular flexibility index (Phi) is 6.06. The second-order valence-corrected chi connectivity index (χ2v) is 8.23. The van der Waals surface area contributed by atoms with Crippen molar-refractivity contribution in [3.8, 4) is 22.6 Å². The number of hydrogen-bond acceptors (Lipinski definition) is 5. The zero-order chi connectivity index (χ0) is 22.6. The molecule has 2 aromatic heterocycles. The lowest BCUT2D eigenvalue weighted by molar-refractivity contribution is -0.117. The molecule has 0 spiro atoms. The van der Waals surface area contributed by atoms with Crippen LogP contribution in [0.15, 0.2) is 67.0 Å². The van der Waals surface area contributed by atoms with Crippen molar-refractivity contribution >= 4 is 22.6 Å². The Morgan fingerprint density at radius 1 is 1.15 bits per heavy atom. The van der Waals surface area contributed by atoms with Crippen molar-refractivity contribution < 1.29 is 14.6 Å². The summed E-state index contributed by atoms with van der Waals surface area (Å²) in [6.45, 7) is 1.72. The van der Waals surface area contributed by atoms with Gasteiger partial charge in [0.25, 0.3) is 0 Å². The Morgan fingerprint density at radius 3 is 2.76 bits per heavy atom. The first-order chi connectivity index (χ1) is 16.1. The monoisotopic (exact) mass is 441 g/mol. The number of fused-ring (bicyclic) bond motifs is 1. The van der Waals surface area contributed by atoms with E-state index in [4.69, 9.17) is 4.74 Å². The number of nitrogens with one attached hydrogen (secondary N) is 2. The van der Waals surface area contributed by atoms with Gasteiger partial charge in [-0.1, -0.05) is 24.3 Å². The van der Waals surface area contributed by atoms with Gasteiger partial charge in [0.2, 0.25) is 5.91 Å². The summed E-state index contributed by atoms with van der Waals surface area (Å²) >= 11 is 0. The van der Waals surface area contributed by atoms with E-state index in [1.165, 1.54) is 0 Å². The Hall–Kier alpha value is -3.68. The van der Waals surface area contributed by atoms with Crippen molar-refractivity contribution in [1.82, 2.24) is 14.9 Å². The van der Waals surface area contributed by atoms with Gasteiger partial charge in [-0.05, 0) is 48.7 Å². The topological polar surface area (TPSA) is 90.5 Å². The molecule has 1 aliphatic heterocycles. The van der Waals surface area contributed by atoms with Crippen molar-refractivity contribution in [2.45, 2.75) is 18.9 Å². The largest absolute Gasteiger partial charge is 0.457 e. The standard InChI is InChI=1S/C26H25N4O3/c31-19-9-12-30(13-10-19)17-26(32)29-25-15-21(8-11-27-25)33-20-6-7-24-22(14-20)23(16-28-24)18-4-2-1-3-5-18/h2-8,11,14-16,19,28,31H,9-10,12-13,17H2,(H,27,29,32). The van der Waals surface area contributed by atoms with Crippen LogP contribution in [-0.4, -0.2) is 51.6 Å². The lowest BCUT2D eigenvalue weighted by Crippen LogP contribution is -2.40. The number of amides is 1. The summed E-state index contributed by atoms with van der Waals surface area (Å²) < 4.78 is 6.08. The van der Waals surface area contributed by atoms with E-state index < -0.39 is 0 Å². The van der Waals surface area contributed by atoms with Gasteiger partial charge >= 0.3 is 0 Å². The van der Waals surface area contributed by atoms with Gasteiger partial charge in [0.05, 0.1) is 12.6 Å². The molecule has 7 nitrogen and oxygen atoms in total. The van der Waals surface area contributed by atoms with Crippen molar-refractivity contribution in [3.63, 3.8) is 0 Å². The van der Waals surface area contributed by atoms with Crippen molar-refractivity contribution in [2.24, 2.45) is 0 Å². The minimum atomic E-state index is -0.257. The number of H-pyrrole nitrogens is 1. The maximum Gasteiger partial charge on any atom is 0.239 e. The van der Waals surface area contributed by atoms with Gasteiger partial charge in [-0.25, -0.2) is 4.98 Å². The molecule has 1 saturated heterocycles. The number of anilines is 1. The average molecular weight is 442 g/mol. The van der Waals surface area contributed by atoms with E-state index in [0.717, 1.165) is 35.1 Å². The van der Waals surface area contributed by atoms with Gasteiger partial charge in [0.1, 0.15) is 17.3 Å². The number of aromatic nitrogens is 2. The number of aliphatic hydroxyl groups is 1. The second kappa shape index (κ2) is 9.44. The van der Waals surface area contributed by atoms with Crippen LogP contribution >= 0.6 is 0 Å². The van der Waals surface area contributed by atoms with Crippen LogP contribution in [0.2, 0.25) is 0 Å². The minimum absolute atomic E-state index is 0.130. The lowest BCUT2D eigenvalue weighted by atomic mass is 10.0. The molecule has 1 aliphatic rings. The van der Waals surface area contributed by atoms with Crippen molar-refractivity contribution in [2.75, 3.05) is 25.0 Å². The van der Waals surface area contributed by atoms with Crippen LogP contribution < -0.4 is 10.1 Å². The summed E-state index contributed by atoms with van der Waals surface area (Å²) in [7, 11) is 0. The smallest absolute Gasteiger partial charge is 0.239 e. The molecule has 1 fully saturated rings. The van der Waals surface area contributed by atoms with E-state index in [1.54, 1.807) is 18.3 Å². The number of aromatic amines is 1. The number of likely N-dealkylation sites (tertiary alicyclic amines) is 1. The van der Waals surface area contributed by atoms with Gasteiger partial charge in [-0.15, -0.1) is 0 Å². The van der Waals surface area contributed by atoms with E-state index in [0.29, 0.717) is 30.2 Å². The first-order valence-corrected chi connectivity index (χ1v) is 11.1. The number of benzene rings is 2. The molecule has 3 heterocycles. The van der Waals surface area contributed by atoms with Crippen LogP contribution in [0.3, 0.4) is 0 Å². The molecule has 4 aromatic rings. The minimum Gasteiger partial charge on any atom is -0.457 e. The lowest BCUT2D eigenvalue weighted by Gasteiger charge is -2.28. The number of piperidine rings is 1. The van der Waals surface area contributed by atoms with Crippen LogP contribution in [-0.2, 0) is 4.79 Å². The molecule has 0 aliphatic carbocycles. The molecule has 0 bridgehead atoms. The molecular formula is C26H25N4O3. The summed E-state index contributed by atoms with van der Waals surface area (Å²) in [5.74, 6) is 1.60. The number of ether oxygens (including phenoxy) is 1. The molecule has 167 valence electrons. The highest BCUT2D eigenvalue weighted by molar-refractivity contribution is 5.96. The van der Waals surface area contributed by atoms with Gasteiger partial charge in [-0.2, -0.15) is 0 Å². The zero-order valence-electron chi connectivity index (χ0n) is 18.1. The molecule has 7 heteroatoms. The molecule has 0 unspecified atom stereocenters. The highest BCUT2D eigenvalue weighted by atomic mass is 16.5. The molecule has 1 amide bonds. The molecule has 5 rings (SSSR count). The van der Waals surface area contributed by atoms with Gasteiger partial charge in [0.15, 0.2) is 0 Å². The van der Waals surface area contributed by atoms with Gasteiger partial charge in [-0.3, -0.25) is 9.69 Å². The first-order valence-electron chi connectivity index (χ1n) is 11.1. The number of rotatable bonds is 6. The third kappa shape index (κ3) is 5.05. The quantitative estimate of drug-likeness (QED) is 0.417. The fraction of sp³-hybridized carbons (Fsp3) is 0.231. The summed E-state index contributed by atoms with van der Waals surface area (Å²) in [5.41, 5.74) is 3.23. The maximum absolute atomic E-state index is 12.4. The van der Waals surface area contributed by atoms with Crippen LogP contribution in [0, 0.1) is 6.07 Å². The fourth-order valence-corrected chi connectivity index (χ4v) is 4.11. The van der Waals surface area contributed by atoms with E-state index in [-0.39, 0.29) is 18.6 Å². The molecular weight excluding hydrogens is 416 g/mol. The number of carbonyl (C=O) groups is 1. The fourth-order valence-electron chi connectivity index (χ4n) is 4.11. The Labute approximate surface area is 192 Å². The normalized spacial score (nSPS) is 14.9. The summed E-state index contributed by atoms with van der Waals surface area (Å²) in [6.07, 6.45) is 4.75. The van der Waals surface area contributed by atoms with E-state index in [2.05, 4.69) is 21.4 Å². The number of carbonyl (C=O) groups excluding carboxylic acids is 1. The maximum atomic E-state index is 12.4. The molecule has 2 aromatic carbocycles. The van der Waals surface area contributed by atoms with Crippen molar-refractivity contribution in [1.29, 1.82) is 0 Å². The Balaban J connectivity index is 1.28. The molecule has 0 saturated carbocycles. The summed E-state index contributed by atoms with van der Waals surface area (Å²) in [6, 6.07) is 20.3. The highest BCUT2D eigenvalue weighted by Gasteiger charge is 2.19. The van der Waals surface area contributed by atoms with Crippen LogP contribution in [0.5, 0.6) is 11.5 Å². The van der Waals surface area contributed by atoms with Gasteiger partial charge < -0.3 is 20.1 Å². The Bertz CT molecular complexity index is 1250. The van der Waals surface area contributed by atoms with Crippen molar-refractivity contribution in [3.05, 3.63) is 73.1 Å². The summed E-state index contributed by atoms with van der Waals surface area (Å²) in [4.78, 5) is 22.0. The molecule has 1 radical (unpaired) electrons. The third-order valence-electron chi connectivity index (χ3n) is 5.84. The van der Waals surface area contributed by atoms with Crippen LogP contribution in [0.1, 0.15) is 12.8 Å². The second-order valence-electron chi connectivity index (χ2n) is 8.23. The van der Waals surface area contributed by atoms with Crippen LogP contribution in [0.25, 0.3) is 22.0 Å². The SMILES string of the molecule is O=C(CN1CCC(O)CC1)Nc1cc(Oc2ccc3[nH]cc(-c4cc[c]cc4)c3c2)ccn1. The molecule has 3 N–H and O–H groups in total. The predicted molar refractivity (Wildman–Crippen MR) is 127 cm³/mol. The van der Waals surface area contributed by atoms with Crippen LogP contribution in [0.4, 0.5) is 5.82 Å². The number of aliphatic hydroxyl groups excluding tert-OH is 1. The highest BCUT2D eigenvalue weighted by Crippen LogP contribution is 2.33. The zero-order valence-corrected chi connectivity index (χ0v) is 18.1. The summed E-state index contributed by atoms with van der Waals surface area (Å²) in [5, 5.41) is 13.5. The predicted octanol–water partition coefficient (Wildman–Crippen LogP) is 4.22. The van der Waals surface area contributed by atoms with E-state index >= 15 is 0 Å². The van der Waals surface area contributed by atoms with Gasteiger partial charge in [0, 0.05) is 48.0 Å². The average Bonchev–Trinajstić information content (AvgIpc) is 3.25. The number of nitrogens with zero attached hydrogens (tertiary/aromatic N) is 2. The van der Waals surface area contributed by atoms with E-state index in [9.17, 15) is 9.90 Å². The number of pyridine rings is 1. The Morgan fingerprint density at radius 2 is 1.94 bits per heavy atom. The molecule has 0 atom stereocenters.